The van der Waals surface area contributed by atoms with E-state index < -0.39 is 19.5 Å². The van der Waals surface area contributed by atoms with E-state index in [0.717, 1.165) is 0 Å². The molecule has 0 spiro atoms. The molecule has 3 aromatic carbocycles. The quantitative estimate of drug-likeness (QED) is 0.406. The number of carbonyl (C=O) groups is 1. The molecule has 5 rings (SSSR count). The minimum absolute atomic E-state index is 0.0307. The molecule has 0 fully saturated rings. The van der Waals surface area contributed by atoms with E-state index in [1.165, 1.54) is 32.8 Å². The van der Waals surface area contributed by atoms with Crippen LogP contribution in [0.5, 0.6) is 0 Å². The zero-order valence-corrected chi connectivity index (χ0v) is 18.8. The van der Waals surface area contributed by atoms with Crippen molar-refractivity contribution in [2.75, 3.05) is 0 Å². The van der Waals surface area contributed by atoms with E-state index in [1.54, 1.807) is 6.92 Å². The van der Waals surface area contributed by atoms with Gasteiger partial charge in [0.1, 0.15) is 11.8 Å². The lowest BCUT2D eigenvalue weighted by molar-refractivity contribution is 0.0699. The number of rotatable bonds is 4. The minimum atomic E-state index is -1.13. The molecule has 0 bridgehead atoms. The van der Waals surface area contributed by atoms with Crippen LogP contribution in [0.3, 0.4) is 0 Å². The Morgan fingerprint density at radius 3 is 1.73 bits per heavy atom. The number of benzene rings is 3. The number of nitrogens with one attached hydrogen (secondary N) is 1. The van der Waals surface area contributed by atoms with Gasteiger partial charge in [0.15, 0.2) is 0 Å². The van der Waals surface area contributed by atoms with Crippen molar-refractivity contribution in [3.8, 4) is 0 Å². The van der Waals surface area contributed by atoms with Crippen LogP contribution in [0.1, 0.15) is 16.1 Å². The molecule has 0 aliphatic heterocycles. The summed E-state index contributed by atoms with van der Waals surface area (Å²) in [6.07, 6.45) is 1.23. The zero-order valence-electron chi connectivity index (χ0n) is 17.9. The summed E-state index contributed by atoms with van der Waals surface area (Å²) in [6.45, 7) is 1.69. The predicted octanol–water partition coefficient (Wildman–Crippen LogP) is 3.47. The van der Waals surface area contributed by atoms with E-state index >= 15 is 0 Å². The number of fused-ring (bicyclic) bond motifs is 1. The second-order valence-electron chi connectivity index (χ2n) is 7.23. The third-order valence-electron chi connectivity index (χ3n) is 5.01. The maximum atomic E-state index is 11.3. The average Bonchev–Trinajstić information content (AvgIpc) is 3.20. The maximum Gasteiger partial charge on any atom is 0.338 e. The van der Waals surface area contributed by atoms with Gasteiger partial charge in [-0.1, -0.05) is 91.0 Å². The standard InChI is InChI=1S/C18H15P.C8H7N3O3/c1-4-10-16(11-5-1)19(17-12-6-2-7-13-17)18-14-8-3-9-15-18;1-4-2-5(8(13)14)6-7(12)9-3-10-11(4)6/h1-15H;2-3H,1H3,(H,13,14)(H,9,10,12). The molecule has 0 atom stereocenters. The summed E-state index contributed by atoms with van der Waals surface area (Å²) in [6, 6.07) is 33.7. The number of aryl methyl sites for hydroxylation is 1. The molecule has 2 N–H and O–H groups in total. The van der Waals surface area contributed by atoms with Crippen LogP contribution in [0.25, 0.3) is 5.52 Å². The molecule has 0 saturated carbocycles. The first-order chi connectivity index (χ1) is 16.1. The highest BCUT2D eigenvalue weighted by Gasteiger charge is 2.16. The zero-order chi connectivity index (χ0) is 23.2. The number of carboxylic acid groups (broad SMARTS) is 1. The van der Waals surface area contributed by atoms with Crippen LogP contribution in [-0.4, -0.2) is 25.7 Å². The van der Waals surface area contributed by atoms with E-state index in [4.69, 9.17) is 5.11 Å². The Morgan fingerprint density at radius 1 is 0.848 bits per heavy atom. The van der Waals surface area contributed by atoms with E-state index in [-0.39, 0.29) is 11.1 Å². The van der Waals surface area contributed by atoms with Crippen molar-refractivity contribution >= 4 is 35.3 Å². The molecule has 5 aromatic rings. The first-order valence-corrected chi connectivity index (χ1v) is 11.6. The molecule has 2 heterocycles. The number of hydrogen-bond donors (Lipinski definition) is 2. The molecule has 0 aliphatic rings. The highest BCUT2D eigenvalue weighted by atomic mass is 31.1. The van der Waals surface area contributed by atoms with Gasteiger partial charge in [0.05, 0.1) is 5.56 Å². The molecule has 0 unspecified atom stereocenters. The van der Waals surface area contributed by atoms with Gasteiger partial charge in [0, 0.05) is 5.69 Å². The second kappa shape index (κ2) is 10.1. The summed E-state index contributed by atoms with van der Waals surface area (Å²) in [5, 5.41) is 16.9. The SMILES string of the molecule is Cc1cc(C(=O)O)c2c(=O)[nH]cnn12.c1ccc(P(c2ccccc2)c2ccccc2)cc1. The van der Waals surface area contributed by atoms with Gasteiger partial charge in [0.2, 0.25) is 0 Å². The van der Waals surface area contributed by atoms with Crippen LogP contribution in [0.4, 0.5) is 0 Å². The van der Waals surface area contributed by atoms with Crippen LogP contribution in [-0.2, 0) is 0 Å². The second-order valence-corrected chi connectivity index (χ2v) is 9.45. The summed E-state index contributed by atoms with van der Waals surface area (Å²) < 4.78 is 1.31. The number of H-pyrrole nitrogens is 1. The Labute approximate surface area is 191 Å². The van der Waals surface area contributed by atoms with E-state index in [2.05, 4.69) is 101 Å². The number of nitrogens with zero attached hydrogens (tertiary/aromatic N) is 2. The van der Waals surface area contributed by atoms with Gasteiger partial charge in [-0.2, -0.15) is 5.10 Å². The summed E-state index contributed by atoms with van der Waals surface area (Å²) in [4.78, 5) is 24.5. The van der Waals surface area contributed by atoms with Crippen molar-refractivity contribution in [2.24, 2.45) is 0 Å². The highest BCUT2D eigenvalue weighted by Crippen LogP contribution is 2.32. The Balaban J connectivity index is 0.000000165. The first-order valence-electron chi connectivity index (χ1n) is 10.3. The van der Waals surface area contributed by atoms with E-state index in [0.29, 0.717) is 5.69 Å². The Hall–Kier alpha value is -4.02. The van der Waals surface area contributed by atoms with Gasteiger partial charge < -0.3 is 10.1 Å². The average molecular weight is 455 g/mol. The van der Waals surface area contributed by atoms with Crippen molar-refractivity contribution in [2.45, 2.75) is 6.92 Å². The third-order valence-corrected chi connectivity index (χ3v) is 7.46. The van der Waals surface area contributed by atoms with Crippen molar-refractivity contribution in [3.05, 3.63) is 125 Å². The fraction of sp³-hybridized carbons (Fsp3) is 0.0385. The Kier molecular flexibility index (Phi) is 6.77. The van der Waals surface area contributed by atoms with Crippen LogP contribution in [0.2, 0.25) is 0 Å². The molecule has 0 saturated heterocycles. The first kappa shape index (κ1) is 22.2. The molecule has 33 heavy (non-hydrogen) atoms. The fourth-order valence-electron chi connectivity index (χ4n) is 3.55. The van der Waals surface area contributed by atoms with E-state index in [9.17, 15) is 9.59 Å². The van der Waals surface area contributed by atoms with Crippen molar-refractivity contribution in [1.82, 2.24) is 14.6 Å². The minimum Gasteiger partial charge on any atom is -0.478 e. The topological polar surface area (TPSA) is 87.5 Å². The van der Waals surface area contributed by atoms with Crippen LogP contribution >= 0.6 is 7.92 Å². The number of aromatic nitrogens is 3. The smallest absolute Gasteiger partial charge is 0.338 e. The van der Waals surface area contributed by atoms with Crippen molar-refractivity contribution in [3.63, 3.8) is 0 Å². The highest BCUT2D eigenvalue weighted by molar-refractivity contribution is 7.79. The molecular weight excluding hydrogens is 433 g/mol. The summed E-state index contributed by atoms with van der Waals surface area (Å²) in [5.41, 5.74) is 0.198. The summed E-state index contributed by atoms with van der Waals surface area (Å²) in [7, 11) is -0.446. The van der Waals surface area contributed by atoms with Crippen molar-refractivity contribution in [1.29, 1.82) is 0 Å². The lowest BCUT2D eigenvalue weighted by Gasteiger charge is -2.18. The fourth-order valence-corrected chi connectivity index (χ4v) is 5.86. The lowest BCUT2D eigenvalue weighted by atomic mass is 10.3. The van der Waals surface area contributed by atoms with Crippen LogP contribution < -0.4 is 21.5 Å². The maximum absolute atomic E-state index is 11.3. The van der Waals surface area contributed by atoms with Gasteiger partial charge in [-0.3, -0.25) is 4.79 Å². The molecule has 0 radical (unpaired) electrons. The molecular formula is C26H22N3O3P. The van der Waals surface area contributed by atoms with Gasteiger partial charge in [-0.05, 0) is 36.8 Å². The third kappa shape index (κ3) is 4.92. The Morgan fingerprint density at radius 2 is 1.30 bits per heavy atom. The monoisotopic (exact) mass is 455 g/mol. The Bertz CT molecular complexity index is 1320. The largest absolute Gasteiger partial charge is 0.478 e. The van der Waals surface area contributed by atoms with Gasteiger partial charge in [-0.25, -0.2) is 9.31 Å². The van der Waals surface area contributed by atoms with E-state index in [1.807, 2.05) is 0 Å². The van der Waals surface area contributed by atoms with Gasteiger partial charge >= 0.3 is 5.97 Å². The lowest BCUT2D eigenvalue weighted by Crippen LogP contribution is -2.20. The number of carboxylic acids is 1. The van der Waals surface area contributed by atoms with Gasteiger partial charge in [-0.15, -0.1) is 0 Å². The number of aromatic amines is 1. The predicted molar refractivity (Wildman–Crippen MR) is 133 cm³/mol. The van der Waals surface area contributed by atoms with Crippen LogP contribution in [0, 0.1) is 6.92 Å². The van der Waals surface area contributed by atoms with Gasteiger partial charge in [0.25, 0.3) is 5.56 Å². The number of hydrogen-bond acceptors (Lipinski definition) is 3. The summed E-state index contributed by atoms with van der Waals surface area (Å²) in [5.74, 6) is -1.13. The molecule has 164 valence electrons. The molecule has 0 aliphatic carbocycles. The van der Waals surface area contributed by atoms with Crippen molar-refractivity contribution < 1.29 is 9.90 Å². The summed E-state index contributed by atoms with van der Waals surface area (Å²) >= 11 is 0. The molecule has 2 aromatic heterocycles. The normalized spacial score (nSPS) is 10.6. The van der Waals surface area contributed by atoms with Crippen LogP contribution in [0.15, 0.2) is 108 Å². The molecule has 0 amide bonds. The molecule has 7 heteroatoms. The number of aromatic carboxylic acids is 1. The molecule has 6 nitrogen and oxygen atoms in total.